The topological polar surface area (TPSA) is 38.3 Å². The first-order valence-corrected chi connectivity index (χ1v) is 6.62. The Balaban J connectivity index is 2.07. The molecule has 116 valence electrons. The Labute approximate surface area is 133 Å². The van der Waals surface area contributed by atoms with Crippen LogP contribution in [0.2, 0.25) is 10.0 Å². The minimum atomic E-state index is -4.49. The number of halogens is 5. The Bertz CT molecular complexity index is 705. The van der Waals surface area contributed by atoms with Crippen molar-refractivity contribution in [2.24, 2.45) is 0 Å². The summed E-state index contributed by atoms with van der Waals surface area (Å²) >= 11 is 11.5. The minimum absolute atomic E-state index is 0.0418. The minimum Gasteiger partial charge on any atom is -0.410 e. The molecule has 2 aromatic carbocycles. The summed E-state index contributed by atoms with van der Waals surface area (Å²) in [4.78, 5) is 11.6. The number of carbonyl (C=O) groups excluding carboxylic acids is 1. The van der Waals surface area contributed by atoms with Gasteiger partial charge in [-0.05, 0) is 30.3 Å². The van der Waals surface area contributed by atoms with Crippen LogP contribution in [0.15, 0.2) is 42.5 Å². The van der Waals surface area contributed by atoms with Crippen molar-refractivity contribution in [2.75, 3.05) is 5.32 Å². The molecule has 0 heterocycles. The van der Waals surface area contributed by atoms with E-state index in [4.69, 9.17) is 27.9 Å². The first-order valence-electron chi connectivity index (χ1n) is 5.87. The number of carbonyl (C=O) groups is 1. The van der Waals surface area contributed by atoms with E-state index in [1.54, 1.807) is 0 Å². The average molecular weight is 350 g/mol. The molecule has 0 spiro atoms. The third kappa shape index (κ3) is 4.29. The number of nitrogens with one attached hydrogen (secondary N) is 1. The zero-order chi connectivity index (χ0) is 16.3. The van der Waals surface area contributed by atoms with Crippen molar-refractivity contribution in [1.82, 2.24) is 0 Å². The lowest BCUT2D eigenvalue weighted by atomic mass is 10.2. The largest absolute Gasteiger partial charge is 0.417 e. The van der Waals surface area contributed by atoms with Gasteiger partial charge >= 0.3 is 12.3 Å². The van der Waals surface area contributed by atoms with Crippen LogP contribution in [0, 0.1) is 0 Å². The van der Waals surface area contributed by atoms with Gasteiger partial charge in [-0.15, -0.1) is 0 Å². The first-order chi connectivity index (χ1) is 10.3. The molecular weight excluding hydrogens is 342 g/mol. The van der Waals surface area contributed by atoms with Gasteiger partial charge in [0.05, 0.1) is 15.6 Å². The molecule has 0 radical (unpaired) electrons. The maximum atomic E-state index is 12.6. The molecule has 1 amide bonds. The van der Waals surface area contributed by atoms with Gasteiger partial charge in [0.2, 0.25) is 0 Å². The van der Waals surface area contributed by atoms with E-state index < -0.39 is 17.8 Å². The van der Waals surface area contributed by atoms with E-state index in [1.807, 2.05) is 0 Å². The molecule has 1 N–H and O–H groups in total. The highest BCUT2D eigenvalue weighted by Gasteiger charge is 2.30. The molecule has 0 fully saturated rings. The van der Waals surface area contributed by atoms with E-state index >= 15 is 0 Å². The zero-order valence-electron chi connectivity index (χ0n) is 10.7. The first kappa shape index (κ1) is 16.5. The Morgan fingerprint density at radius 1 is 1.05 bits per heavy atom. The zero-order valence-corrected chi connectivity index (χ0v) is 12.3. The molecule has 0 saturated heterocycles. The van der Waals surface area contributed by atoms with Crippen molar-refractivity contribution < 1.29 is 22.7 Å². The summed E-state index contributed by atoms with van der Waals surface area (Å²) in [6.45, 7) is 0. The Morgan fingerprint density at radius 3 is 2.41 bits per heavy atom. The predicted octanol–water partition coefficient (Wildman–Crippen LogP) is 5.62. The number of rotatable bonds is 2. The maximum absolute atomic E-state index is 12.6. The molecule has 22 heavy (non-hydrogen) atoms. The van der Waals surface area contributed by atoms with Gasteiger partial charge in [0.25, 0.3) is 0 Å². The third-order valence-corrected chi connectivity index (χ3v) is 3.28. The number of amides is 1. The SMILES string of the molecule is O=C(Nc1cccc(C(F)(F)F)c1)Oc1ccc(Cl)c(Cl)c1. The maximum Gasteiger partial charge on any atom is 0.417 e. The standard InChI is InChI=1S/C14H8Cl2F3NO2/c15-11-5-4-10(7-12(11)16)22-13(21)20-9-3-1-2-8(6-9)14(17,18)19/h1-7H,(H,20,21). The summed E-state index contributed by atoms with van der Waals surface area (Å²) in [5.74, 6) is 0.110. The second-order valence-corrected chi connectivity index (χ2v) is 4.98. The van der Waals surface area contributed by atoms with Gasteiger partial charge in [-0.25, -0.2) is 4.79 Å². The lowest BCUT2D eigenvalue weighted by Crippen LogP contribution is -2.17. The van der Waals surface area contributed by atoms with Gasteiger partial charge in [0.15, 0.2) is 0 Å². The van der Waals surface area contributed by atoms with Crippen molar-refractivity contribution in [3.05, 3.63) is 58.1 Å². The second-order valence-electron chi connectivity index (χ2n) is 4.17. The van der Waals surface area contributed by atoms with Gasteiger partial charge in [0, 0.05) is 11.8 Å². The molecule has 0 atom stereocenters. The molecule has 0 aliphatic carbocycles. The molecule has 2 aromatic rings. The normalized spacial score (nSPS) is 11.1. The summed E-state index contributed by atoms with van der Waals surface area (Å²) in [5.41, 5.74) is -0.917. The summed E-state index contributed by atoms with van der Waals surface area (Å²) in [6.07, 6.45) is -5.44. The molecule has 0 aromatic heterocycles. The molecule has 3 nitrogen and oxygen atoms in total. The molecule has 2 rings (SSSR count). The van der Waals surface area contributed by atoms with Gasteiger partial charge in [-0.2, -0.15) is 13.2 Å². The Morgan fingerprint density at radius 2 is 1.77 bits per heavy atom. The van der Waals surface area contributed by atoms with Gasteiger partial charge in [-0.3, -0.25) is 5.32 Å². The highest BCUT2D eigenvalue weighted by Crippen LogP contribution is 2.31. The third-order valence-electron chi connectivity index (χ3n) is 2.54. The van der Waals surface area contributed by atoms with Crippen molar-refractivity contribution in [2.45, 2.75) is 6.18 Å². The fourth-order valence-electron chi connectivity index (χ4n) is 1.56. The van der Waals surface area contributed by atoms with Crippen LogP contribution in [0.25, 0.3) is 0 Å². The lowest BCUT2D eigenvalue weighted by Gasteiger charge is -2.10. The molecule has 0 saturated carbocycles. The Hall–Kier alpha value is -1.92. The molecule has 0 bridgehead atoms. The van der Waals surface area contributed by atoms with Crippen LogP contribution in [-0.4, -0.2) is 6.09 Å². The van der Waals surface area contributed by atoms with Gasteiger partial charge in [-0.1, -0.05) is 29.3 Å². The summed E-state index contributed by atoms with van der Waals surface area (Å²) in [5, 5.41) is 2.67. The van der Waals surface area contributed by atoms with E-state index in [9.17, 15) is 18.0 Å². The highest BCUT2D eigenvalue weighted by molar-refractivity contribution is 6.42. The van der Waals surface area contributed by atoms with Crippen LogP contribution >= 0.6 is 23.2 Å². The van der Waals surface area contributed by atoms with Gasteiger partial charge < -0.3 is 4.74 Å². The summed E-state index contributed by atoms with van der Waals surface area (Å²) in [7, 11) is 0. The van der Waals surface area contributed by atoms with Crippen LogP contribution in [0.4, 0.5) is 23.7 Å². The monoisotopic (exact) mass is 349 g/mol. The van der Waals surface area contributed by atoms with Crippen LogP contribution < -0.4 is 10.1 Å². The number of ether oxygens (including phenoxy) is 1. The highest BCUT2D eigenvalue weighted by atomic mass is 35.5. The number of hydrogen-bond donors (Lipinski definition) is 1. The van der Waals surface area contributed by atoms with E-state index in [0.29, 0.717) is 0 Å². The Kier molecular flexibility index (Phi) is 4.83. The molecule has 0 aliphatic rings. The average Bonchev–Trinajstić information content (AvgIpc) is 2.42. The molecular formula is C14H8Cl2F3NO2. The fourth-order valence-corrected chi connectivity index (χ4v) is 1.85. The number of hydrogen-bond acceptors (Lipinski definition) is 2. The van der Waals surface area contributed by atoms with E-state index in [-0.39, 0.29) is 21.5 Å². The lowest BCUT2D eigenvalue weighted by molar-refractivity contribution is -0.137. The van der Waals surface area contributed by atoms with Crippen LogP contribution in [0.5, 0.6) is 5.75 Å². The number of benzene rings is 2. The second kappa shape index (κ2) is 6.46. The van der Waals surface area contributed by atoms with Crippen LogP contribution in [-0.2, 0) is 6.18 Å². The molecule has 0 unspecified atom stereocenters. The van der Waals surface area contributed by atoms with Gasteiger partial charge in [0.1, 0.15) is 5.75 Å². The van der Waals surface area contributed by atoms with Crippen LogP contribution in [0.1, 0.15) is 5.56 Å². The smallest absolute Gasteiger partial charge is 0.410 e. The predicted molar refractivity (Wildman–Crippen MR) is 77.6 cm³/mol. The van der Waals surface area contributed by atoms with Crippen molar-refractivity contribution >= 4 is 35.0 Å². The quantitative estimate of drug-likeness (QED) is 0.763. The molecule has 0 aliphatic heterocycles. The summed E-state index contributed by atoms with van der Waals surface area (Å²) in [6, 6.07) is 8.33. The van der Waals surface area contributed by atoms with Crippen LogP contribution in [0.3, 0.4) is 0 Å². The molecule has 8 heteroatoms. The summed E-state index contributed by atoms with van der Waals surface area (Å²) < 4.78 is 42.6. The van der Waals surface area contributed by atoms with E-state index in [0.717, 1.165) is 12.1 Å². The number of alkyl halides is 3. The van der Waals surface area contributed by atoms with E-state index in [2.05, 4.69) is 5.32 Å². The number of anilines is 1. The fraction of sp³-hybridized carbons (Fsp3) is 0.0714. The van der Waals surface area contributed by atoms with Crippen molar-refractivity contribution in [3.63, 3.8) is 0 Å². The van der Waals surface area contributed by atoms with E-state index in [1.165, 1.54) is 30.3 Å². The van der Waals surface area contributed by atoms with Crippen molar-refractivity contribution in [1.29, 1.82) is 0 Å². The van der Waals surface area contributed by atoms with Crippen molar-refractivity contribution in [3.8, 4) is 5.75 Å².